The third-order valence-electron chi connectivity index (χ3n) is 6.57. The van der Waals surface area contributed by atoms with Gasteiger partial charge < -0.3 is 24.6 Å². The van der Waals surface area contributed by atoms with Crippen molar-refractivity contribution in [1.29, 1.82) is 0 Å². The molecule has 1 fully saturated rings. The molecule has 2 aromatic carbocycles. The topological polar surface area (TPSA) is 71.1 Å². The molecule has 2 aromatic rings. The molecule has 36 heavy (non-hydrogen) atoms. The van der Waals surface area contributed by atoms with E-state index < -0.39 is 17.5 Å². The Morgan fingerprint density at radius 1 is 1.19 bits per heavy atom. The van der Waals surface area contributed by atoms with E-state index in [-0.39, 0.29) is 48.5 Å². The summed E-state index contributed by atoms with van der Waals surface area (Å²) in [5.74, 6) is -1.39. The zero-order valence-electron chi connectivity index (χ0n) is 20.1. The largest absolute Gasteiger partial charge is 0.490 e. The number of amides is 1. The number of rotatable bonds is 5. The molecule has 0 unspecified atom stereocenters. The van der Waals surface area contributed by atoms with Gasteiger partial charge in [0.15, 0.2) is 17.3 Å². The van der Waals surface area contributed by atoms with Crippen molar-refractivity contribution in [3.63, 3.8) is 0 Å². The van der Waals surface area contributed by atoms with Gasteiger partial charge in [-0.25, -0.2) is 8.78 Å². The zero-order valence-corrected chi connectivity index (χ0v) is 20.1. The number of fused-ring (bicyclic) bond motifs is 1. The van der Waals surface area contributed by atoms with Crippen LogP contribution in [0.1, 0.15) is 22.8 Å². The van der Waals surface area contributed by atoms with Crippen LogP contribution >= 0.6 is 0 Å². The van der Waals surface area contributed by atoms with Gasteiger partial charge in [-0.3, -0.25) is 9.59 Å². The third-order valence-corrected chi connectivity index (χ3v) is 6.57. The lowest BCUT2D eigenvalue weighted by Gasteiger charge is -2.39. The number of likely N-dealkylation sites (tertiary alicyclic amines) is 1. The Balaban J connectivity index is 1.17. The maximum atomic E-state index is 14.7. The van der Waals surface area contributed by atoms with E-state index in [1.807, 2.05) is 26.1 Å². The maximum Gasteiger partial charge on any atom is 0.256 e. The summed E-state index contributed by atoms with van der Waals surface area (Å²) in [6.45, 7) is 3.69. The summed E-state index contributed by atoms with van der Waals surface area (Å²) in [5, 5.41) is 2.88. The molecule has 3 aliphatic rings. The average Bonchev–Trinajstić information content (AvgIpc) is 3.00. The monoisotopic (exact) mass is 495 g/mol. The van der Waals surface area contributed by atoms with Gasteiger partial charge in [0, 0.05) is 49.9 Å². The number of Topliss-reactive ketones (excluding diaryl/α,β-unsaturated/α-hetero) is 1. The molecule has 0 spiro atoms. The highest BCUT2D eigenvalue weighted by molar-refractivity contribution is 5.97. The molecule has 0 atom stereocenters. The number of likely N-dealkylation sites (N-methyl/N-ethyl adjacent to an activating group) is 1. The minimum absolute atomic E-state index is 0.0102. The van der Waals surface area contributed by atoms with Crippen LogP contribution in [-0.4, -0.2) is 67.9 Å². The summed E-state index contributed by atoms with van der Waals surface area (Å²) < 4.78 is 40.3. The maximum absolute atomic E-state index is 14.7. The van der Waals surface area contributed by atoms with Gasteiger partial charge in [0.1, 0.15) is 18.2 Å². The molecule has 5 rings (SSSR count). The van der Waals surface area contributed by atoms with Crippen LogP contribution in [0.2, 0.25) is 0 Å². The van der Waals surface area contributed by atoms with Crippen molar-refractivity contribution in [3.8, 4) is 11.5 Å². The molecule has 0 saturated carbocycles. The lowest BCUT2D eigenvalue weighted by molar-refractivity contribution is -0.119. The first-order valence-corrected chi connectivity index (χ1v) is 11.8. The standard InChI is InChI=1S/C27H27F2N3O4/c1-16-5-6-31(2)24(7-16)18-3-4-25(22(29)8-18)35-14-17-12-32(13-17)27(34)20-9-23-26(10-21(20)28)36-15-19(33)11-30-23/h3-5,7-10,17,30H,6,11-15H2,1-2H3. The first kappa shape index (κ1) is 23.8. The molecule has 188 valence electrons. The molecular formula is C27H27F2N3O4. The number of ether oxygens (including phenoxy) is 2. The van der Waals surface area contributed by atoms with Crippen molar-refractivity contribution in [3.05, 3.63) is 70.8 Å². The molecule has 7 nitrogen and oxygen atoms in total. The number of nitrogens with zero attached hydrogens (tertiary/aromatic N) is 2. The van der Waals surface area contributed by atoms with Crippen molar-refractivity contribution in [2.45, 2.75) is 6.92 Å². The quantitative estimate of drug-likeness (QED) is 0.682. The molecule has 1 N–H and O–H groups in total. The highest BCUT2D eigenvalue weighted by atomic mass is 19.1. The predicted molar refractivity (Wildman–Crippen MR) is 131 cm³/mol. The van der Waals surface area contributed by atoms with Crippen LogP contribution in [0.4, 0.5) is 14.5 Å². The van der Waals surface area contributed by atoms with Gasteiger partial charge in [-0.2, -0.15) is 0 Å². The Labute approximate surface area is 208 Å². The minimum Gasteiger partial charge on any atom is -0.490 e. The summed E-state index contributed by atoms with van der Waals surface area (Å²) >= 11 is 0. The number of carbonyl (C=O) groups excluding carboxylic acids is 2. The molecule has 3 aliphatic heterocycles. The third kappa shape index (κ3) is 4.78. The van der Waals surface area contributed by atoms with Crippen LogP contribution in [-0.2, 0) is 4.79 Å². The molecule has 0 radical (unpaired) electrons. The van der Waals surface area contributed by atoms with Crippen LogP contribution in [0.3, 0.4) is 0 Å². The second-order valence-electron chi connectivity index (χ2n) is 9.40. The number of benzene rings is 2. The summed E-state index contributed by atoms with van der Waals surface area (Å²) in [4.78, 5) is 28.0. The summed E-state index contributed by atoms with van der Waals surface area (Å²) in [5.41, 5.74) is 3.19. The molecule has 1 saturated heterocycles. The first-order valence-electron chi connectivity index (χ1n) is 11.8. The van der Waals surface area contributed by atoms with Crippen molar-refractivity contribution in [1.82, 2.24) is 9.80 Å². The minimum atomic E-state index is -0.707. The van der Waals surface area contributed by atoms with Crippen LogP contribution in [0.15, 0.2) is 48.1 Å². The lowest BCUT2D eigenvalue weighted by atomic mass is 9.99. The number of hydrogen-bond acceptors (Lipinski definition) is 6. The van der Waals surface area contributed by atoms with E-state index in [4.69, 9.17) is 9.47 Å². The van der Waals surface area contributed by atoms with Crippen LogP contribution in [0, 0.1) is 17.6 Å². The van der Waals surface area contributed by atoms with E-state index in [9.17, 15) is 18.4 Å². The van der Waals surface area contributed by atoms with Gasteiger partial charge in [0.05, 0.1) is 24.4 Å². The van der Waals surface area contributed by atoms with Gasteiger partial charge >= 0.3 is 0 Å². The van der Waals surface area contributed by atoms with Crippen molar-refractivity contribution in [2.24, 2.45) is 5.92 Å². The van der Waals surface area contributed by atoms with Crippen LogP contribution in [0.25, 0.3) is 5.70 Å². The van der Waals surface area contributed by atoms with Crippen molar-refractivity contribution >= 4 is 23.1 Å². The van der Waals surface area contributed by atoms with Crippen molar-refractivity contribution in [2.75, 3.05) is 51.8 Å². The molecule has 0 bridgehead atoms. The summed E-state index contributed by atoms with van der Waals surface area (Å²) in [6, 6.07) is 7.43. The Hall–Kier alpha value is -3.88. The fourth-order valence-corrected chi connectivity index (χ4v) is 4.44. The fourth-order valence-electron chi connectivity index (χ4n) is 4.44. The zero-order chi connectivity index (χ0) is 25.4. The van der Waals surface area contributed by atoms with E-state index in [1.165, 1.54) is 17.0 Å². The van der Waals surface area contributed by atoms with E-state index >= 15 is 0 Å². The molecule has 3 heterocycles. The Morgan fingerprint density at radius 2 is 2.00 bits per heavy atom. The highest BCUT2D eigenvalue weighted by Crippen LogP contribution is 2.32. The number of carbonyl (C=O) groups is 2. The second kappa shape index (κ2) is 9.64. The van der Waals surface area contributed by atoms with Gasteiger partial charge in [-0.1, -0.05) is 11.6 Å². The average molecular weight is 496 g/mol. The molecule has 1 amide bonds. The number of nitrogens with one attached hydrogen (secondary N) is 1. The Kier molecular flexibility index (Phi) is 6.38. The normalized spacial score (nSPS) is 17.7. The van der Waals surface area contributed by atoms with Crippen LogP contribution < -0.4 is 14.8 Å². The van der Waals surface area contributed by atoms with E-state index in [2.05, 4.69) is 16.3 Å². The Bertz CT molecular complexity index is 1280. The molecule has 9 heteroatoms. The van der Waals surface area contributed by atoms with E-state index in [1.54, 1.807) is 6.07 Å². The number of allylic oxidation sites excluding steroid dienone is 2. The second-order valence-corrected chi connectivity index (χ2v) is 9.40. The smallest absolute Gasteiger partial charge is 0.256 e. The lowest BCUT2D eigenvalue weighted by Crippen LogP contribution is -2.52. The van der Waals surface area contributed by atoms with Gasteiger partial charge in [-0.05, 0) is 37.3 Å². The number of ketones is 1. The Morgan fingerprint density at radius 3 is 2.78 bits per heavy atom. The number of hydrogen-bond donors (Lipinski definition) is 1. The first-order chi connectivity index (χ1) is 17.3. The van der Waals surface area contributed by atoms with Gasteiger partial charge in [0.2, 0.25) is 0 Å². The molecule has 0 aromatic heterocycles. The van der Waals surface area contributed by atoms with Crippen molar-refractivity contribution < 1.29 is 27.8 Å². The summed E-state index contributed by atoms with van der Waals surface area (Å²) in [6.07, 6.45) is 4.13. The molecule has 0 aliphatic carbocycles. The van der Waals surface area contributed by atoms with Crippen LogP contribution in [0.5, 0.6) is 11.5 Å². The van der Waals surface area contributed by atoms with E-state index in [0.717, 1.165) is 29.4 Å². The van der Waals surface area contributed by atoms with Gasteiger partial charge in [-0.15, -0.1) is 0 Å². The predicted octanol–water partition coefficient (Wildman–Crippen LogP) is 3.72. The fraction of sp³-hybridized carbons (Fsp3) is 0.333. The summed E-state index contributed by atoms with van der Waals surface area (Å²) in [7, 11) is 1.96. The number of anilines is 1. The van der Waals surface area contributed by atoms with Gasteiger partial charge in [0.25, 0.3) is 5.91 Å². The number of halogens is 2. The SMILES string of the molecule is CC1=CCN(C)C(c2ccc(OCC3CN(C(=O)c4cc5c(cc4F)OCC(=O)CN5)C3)c(F)c2)=C1. The highest BCUT2D eigenvalue weighted by Gasteiger charge is 2.34. The van der Waals surface area contributed by atoms with E-state index in [0.29, 0.717) is 18.8 Å². The molecular weight excluding hydrogens is 468 g/mol.